The van der Waals surface area contributed by atoms with Gasteiger partial charge in [-0.2, -0.15) is 0 Å². The number of hydrogen-bond donors (Lipinski definition) is 0. The third-order valence-corrected chi connectivity index (χ3v) is 4.25. The summed E-state index contributed by atoms with van der Waals surface area (Å²) in [5, 5.41) is 3.89. The summed E-state index contributed by atoms with van der Waals surface area (Å²) in [6.07, 6.45) is 6.42. The van der Waals surface area contributed by atoms with Crippen LogP contribution in [0.1, 0.15) is 44.2 Å². The van der Waals surface area contributed by atoms with Crippen LogP contribution >= 0.6 is 0 Å². The monoisotopic (exact) mass is 317 g/mol. The van der Waals surface area contributed by atoms with Crippen molar-refractivity contribution in [2.24, 2.45) is 5.92 Å². The Morgan fingerprint density at radius 1 is 1.22 bits per heavy atom. The van der Waals surface area contributed by atoms with E-state index in [1.54, 1.807) is 18.2 Å². The van der Waals surface area contributed by atoms with E-state index in [0.717, 1.165) is 18.4 Å². The van der Waals surface area contributed by atoms with Gasteiger partial charge in [0.15, 0.2) is 5.76 Å². The number of carbonyl (C=O) groups is 1. The molecular formula is C18H20FNO3. The fourth-order valence-electron chi connectivity index (χ4n) is 2.97. The first-order valence-corrected chi connectivity index (χ1v) is 8.08. The average Bonchev–Trinajstić information content (AvgIpc) is 3.04. The number of aromatic nitrogens is 1. The number of halogens is 1. The molecular weight excluding hydrogens is 297 g/mol. The summed E-state index contributed by atoms with van der Waals surface area (Å²) in [5.41, 5.74) is 1.29. The maximum atomic E-state index is 12.9. The topological polar surface area (TPSA) is 52.3 Å². The van der Waals surface area contributed by atoms with Gasteiger partial charge in [-0.1, -0.05) is 24.4 Å². The van der Waals surface area contributed by atoms with Crippen LogP contribution in [0.3, 0.4) is 0 Å². The molecule has 4 nitrogen and oxygen atoms in total. The summed E-state index contributed by atoms with van der Waals surface area (Å²) in [5.74, 6) is 0.514. The molecule has 1 aromatic carbocycles. The second-order valence-corrected chi connectivity index (χ2v) is 6.06. The van der Waals surface area contributed by atoms with Gasteiger partial charge in [0.2, 0.25) is 0 Å². The number of nitrogens with zero attached hydrogens (tertiary/aromatic N) is 1. The van der Waals surface area contributed by atoms with Crippen molar-refractivity contribution in [3.63, 3.8) is 0 Å². The Kier molecular flexibility index (Phi) is 5.05. The normalized spacial score (nSPS) is 15.5. The molecule has 1 aliphatic carbocycles. The summed E-state index contributed by atoms with van der Waals surface area (Å²) < 4.78 is 23.4. The van der Waals surface area contributed by atoms with E-state index in [1.165, 1.54) is 31.4 Å². The van der Waals surface area contributed by atoms with Gasteiger partial charge in [0, 0.05) is 18.1 Å². The van der Waals surface area contributed by atoms with Gasteiger partial charge in [-0.25, -0.2) is 4.39 Å². The molecule has 0 amide bonds. The standard InChI is InChI=1S/C18H20FNO3/c19-15-8-6-14(7-9-15)17-11-16(20-23-17)12-22-18(21)10-13-4-2-1-3-5-13/h6-9,11,13H,1-5,10,12H2. The van der Waals surface area contributed by atoms with E-state index in [-0.39, 0.29) is 18.4 Å². The molecule has 0 N–H and O–H groups in total. The van der Waals surface area contributed by atoms with E-state index >= 15 is 0 Å². The van der Waals surface area contributed by atoms with Crippen molar-refractivity contribution in [2.75, 3.05) is 0 Å². The fraction of sp³-hybridized carbons (Fsp3) is 0.444. The van der Waals surface area contributed by atoms with E-state index in [9.17, 15) is 9.18 Å². The van der Waals surface area contributed by atoms with Gasteiger partial charge in [-0.3, -0.25) is 4.79 Å². The van der Waals surface area contributed by atoms with Crippen LogP contribution in [-0.2, 0) is 16.1 Å². The molecule has 1 heterocycles. The molecule has 0 spiro atoms. The Morgan fingerprint density at radius 3 is 2.70 bits per heavy atom. The highest BCUT2D eigenvalue weighted by Gasteiger charge is 2.18. The fourth-order valence-corrected chi connectivity index (χ4v) is 2.97. The molecule has 1 aliphatic rings. The van der Waals surface area contributed by atoms with Crippen LogP contribution in [0.25, 0.3) is 11.3 Å². The smallest absolute Gasteiger partial charge is 0.306 e. The maximum absolute atomic E-state index is 12.9. The van der Waals surface area contributed by atoms with Crippen LogP contribution in [0, 0.1) is 11.7 Å². The molecule has 0 saturated heterocycles. The van der Waals surface area contributed by atoms with Gasteiger partial charge in [-0.15, -0.1) is 0 Å². The van der Waals surface area contributed by atoms with Crippen LogP contribution in [0.15, 0.2) is 34.9 Å². The molecule has 2 aromatic rings. The summed E-state index contributed by atoms with van der Waals surface area (Å²) in [7, 11) is 0. The Bertz CT molecular complexity index is 645. The van der Waals surface area contributed by atoms with Crippen molar-refractivity contribution < 1.29 is 18.4 Å². The highest BCUT2D eigenvalue weighted by Crippen LogP contribution is 2.27. The SMILES string of the molecule is O=C(CC1CCCCC1)OCc1cc(-c2ccc(F)cc2)on1. The Morgan fingerprint density at radius 2 is 1.96 bits per heavy atom. The number of ether oxygens (including phenoxy) is 1. The van der Waals surface area contributed by atoms with E-state index in [2.05, 4.69) is 5.16 Å². The molecule has 1 fully saturated rings. The summed E-state index contributed by atoms with van der Waals surface area (Å²) >= 11 is 0. The zero-order chi connectivity index (χ0) is 16.1. The van der Waals surface area contributed by atoms with Crippen molar-refractivity contribution in [3.8, 4) is 11.3 Å². The Hall–Kier alpha value is -2.17. The minimum absolute atomic E-state index is 0.107. The van der Waals surface area contributed by atoms with Gasteiger partial charge in [-0.05, 0) is 43.0 Å². The number of carbonyl (C=O) groups excluding carboxylic acids is 1. The molecule has 0 bridgehead atoms. The molecule has 5 heteroatoms. The van der Waals surface area contributed by atoms with Crippen molar-refractivity contribution in [1.82, 2.24) is 5.16 Å². The third kappa shape index (κ3) is 4.41. The van der Waals surface area contributed by atoms with E-state index in [1.807, 2.05) is 0 Å². The number of rotatable bonds is 5. The second kappa shape index (κ2) is 7.40. The summed E-state index contributed by atoms with van der Waals surface area (Å²) in [6.45, 7) is 0.107. The second-order valence-electron chi connectivity index (χ2n) is 6.06. The van der Waals surface area contributed by atoms with Gasteiger partial charge >= 0.3 is 5.97 Å². The van der Waals surface area contributed by atoms with Crippen molar-refractivity contribution in [2.45, 2.75) is 45.1 Å². The van der Waals surface area contributed by atoms with Crippen LogP contribution in [0.5, 0.6) is 0 Å². The van der Waals surface area contributed by atoms with Crippen molar-refractivity contribution >= 4 is 5.97 Å². The molecule has 23 heavy (non-hydrogen) atoms. The van der Waals surface area contributed by atoms with Crippen LogP contribution < -0.4 is 0 Å². The highest BCUT2D eigenvalue weighted by molar-refractivity contribution is 5.69. The lowest BCUT2D eigenvalue weighted by Gasteiger charge is -2.20. The first-order chi connectivity index (χ1) is 11.2. The molecule has 0 radical (unpaired) electrons. The van der Waals surface area contributed by atoms with Gasteiger partial charge < -0.3 is 9.26 Å². The molecule has 122 valence electrons. The van der Waals surface area contributed by atoms with Crippen LogP contribution in [0.4, 0.5) is 4.39 Å². The summed E-state index contributed by atoms with van der Waals surface area (Å²) in [6, 6.07) is 7.67. The Labute approximate surface area is 134 Å². The quantitative estimate of drug-likeness (QED) is 0.762. The first kappa shape index (κ1) is 15.7. The number of benzene rings is 1. The lowest BCUT2D eigenvalue weighted by Crippen LogP contribution is -2.14. The van der Waals surface area contributed by atoms with E-state index < -0.39 is 0 Å². The zero-order valence-electron chi connectivity index (χ0n) is 13.0. The minimum atomic E-state index is -0.301. The van der Waals surface area contributed by atoms with Gasteiger partial charge in [0.1, 0.15) is 18.1 Å². The zero-order valence-corrected chi connectivity index (χ0v) is 13.0. The maximum Gasteiger partial charge on any atom is 0.306 e. The van der Waals surface area contributed by atoms with Gasteiger partial charge in [0.25, 0.3) is 0 Å². The molecule has 0 unspecified atom stereocenters. The molecule has 3 rings (SSSR count). The van der Waals surface area contributed by atoms with E-state index in [4.69, 9.17) is 9.26 Å². The van der Waals surface area contributed by atoms with Crippen LogP contribution in [-0.4, -0.2) is 11.1 Å². The number of hydrogen-bond acceptors (Lipinski definition) is 4. The van der Waals surface area contributed by atoms with Crippen LogP contribution in [0.2, 0.25) is 0 Å². The summed E-state index contributed by atoms with van der Waals surface area (Å²) in [4.78, 5) is 11.9. The van der Waals surface area contributed by atoms with E-state index in [0.29, 0.717) is 23.8 Å². The predicted molar refractivity (Wildman–Crippen MR) is 82.9 cm³/mol. The third-order valence-electron chi connectivity index (χ3n) is 4.25. The van der Waals surface area contributed by atoms with Gasteiger partial charge in [0.05, 0.1) is 0 Å². The van der Waals surface area contributed by atoms with Crippen molar-refractivity contribution in [1.29, 1.82) is 0 Å². The lowest BCUT2D eigenvalue weighted by atomic mass is 9.87. The predicted octanol–water partition coefficient (Wildman–Crippen LogP) is 4.49. The average molecular weight is 317 g/mol. The Balaban J connectivity index is 1.50. The molecule has 0 atom stereocenters. The number of esters is 1. The minimum Gasteiger partial charge on any atom is -0.459 e. The first-order valence-electron chi connectivity index (χ1n) is 8.08. The largest absolute Gasteiger partial charge is 0.459 e. The molecule has 0 aliphatic heterocycles. The molecule has 1 aromatic heterocycles. The molecule has 1 saturated carbocycles. The van der Waals surface area contributed by atoms with Crippen molar-refractivity contribution in [3.05, 3.63) is 41.8 Å². The highest BCUT2D eigenvalue weighted by atomic mass is 19.1. The lowest BCUT2D eigenvalue weighted by molar-refractivity contribution is -0.146.